The molecule has 0 saturated carbocycles. The lowest BCUT2D eigenvalue weighted by Crippen LogP contribution is -2.05. The minimum absolute atomic E-state index is 0.489. The van der Waals surface area contributed by atoms with Crippen LogP contribution >= 0.6 is 22.9 Å². The van der Waals surface area contributed by atoms with Crippen LogP contribution in [-0.2, 0) is 19.4 Å². The largest absolute Gasteiger partial charge is 0.301 e. The van der Waals surface area contributed by atoms with Gasteiger partial charge in [-0.2, -0.15) is 0 Å². The summed E-state index contributed by atoms with van der Waals surface area (Å²) in [5, 5.41) is 10.5. The van der Waals surface area contributed by atoms with Gasteiger partial charge in [-0.3, -0.25) is 0 Å². The second-order valence-corrected chi connectivity index (χ2v) is 4.59. The van der Waals surface area contributed by atoms with Gasteiger partial charge in [0.05, 0.1) is 0 Å². The molecular formula is C10H12ClN3S. The van der Waals surface area contributed by atoms with Gasteiger partial charge in [0.25, 0.3) is 0 Å². The van der Waals surface area contributed by atoms with Gasteiger partial charge in [-0.25, -0.2) is 0 Å². The number of nitrogens with zero attached hydrogens (tertiary/aromatic N) is 3. The molecule has 0 amide bonds. The molecule has 0 fully saturated rings. The maximum Gasteiger partial charge on any atom is 0.225 e. The molecule has 0 aromatic carbocycles. The molecule has 0 unspecified atom stereocenters. The average Bonchev–Trinajstić information content (AvgIpc) is 2.84. The highest BCUT2D eigenvalue weighted by Gasteiger charge is 2.08. The van der Waals surface area contributed by atoms with Crippen molar-refractivity contribution in [2.45, 2.75) is 26.3 Å². The Hall–Kier alpha value is -0.870. The molecule has 2 rings (SSSR count). The third-order valence-electron chi connectivity index (χ3n) is 2.26. The fourth-order valence-corrected chi connectivity index (χ4v) is 2.39. The summed E-state index contributed by atoms with van der Waals surface area (Å²) in [6.07, 6.45) is 1.85. The second kappa shape index (κ2) is 4.77. The van der Waals surface area contributed by atoms with Crippen molar-refractivity contribution in [3.63, 3.8) is 0 Å². The molecule has 0 spiro atoms. The van der Waals surface area contributed by atoms with E-state index in [4.69, 9.17) is 11.6 Å². The normalized spacial score (nSPS) is 10.8. The third kappa shape index (κ3) is 2.38. The number of thiophene rings is 1. The number of hydrogen-bond donors (Lipinski definition) is 0. The third-order valence-corrected chi connectivity index (χ3v) is 3.48. The van der Waals surface area contributed by atoms with Crippen LogP contribution in [0.4, 0.5) is 0 Å². The van der Waals surface area contributed by atoms with Gasteiger partial charge in [-0.05, 0) is 29.5 Å². The van der Waals surface area contributed by atoms with Crippen molar-refractivity contribution < 1.29 is 0 Å². The predicted molar refractivity (Wildman–Crippen MR) is 62.4 cm³/mol. The van der Waals surface area contributed by atoms with Crippen molar-refractivity contribution in [1.29, 1.82) is 0 Å². The van der Waals surface area contributed by atoms with E-state index in [2.05, 4.69) is 34.6 Å². The van der Waals surface area contributed by atoms with Crippen LogP contribution in [0.5, 0.6) is 0 Å². The smallest absolute Gasteiger partial charge is 0.225 e. The van der Waals surface area contributed by atoms with Crippen molar-refractivity contribution in [2.24, 2.45) is 0 Å². The molecule has 0 N–H and O–H groups in total. The molecule has 0 bridgehead atoms. The zero-order valence-corrected chi connectivity index (χ0v) is 10.1. The molecule has 3 nitrogen and oxygen atoms in total. The van der Waals surface area contributed by atoms with Crippen LogP contribution in [0.2, 0.25) is 5.28 Å². The van der Waals surface area contributed by atoms with Crippen molar-refractivity contribution in [3.05, 3.63) is 33.5 Å². The standard InChI is InChI=1S/C10H12ClN3S/c1-2-9-12-13-10(11)14(9)6-5-8-4-3-7-15-8/h3-4,7H,2,5-6H2,1H3. The monoisotopic (exact) mass is 241 g/mol. The maximum absolute atomic E-state index is 5.96. The zero-order chi connectivity index (χ0) is 10.7. The Balaban J connectivity index is 2.07. The highest BCUT2D eigenvalue weighted by Crippen LogP contribution is 2.14. The molecule has 0 atom stereocenters. The first-order chi connectivity index (χ1) is 7.31. The van der Waals surface area contributed by atoms with Crippen LogP contribution in [0.15, 0.2) is 17.5 Å². The summed E-state index contributed by atoms with van der Waals surface area (Å²) in [5.74, 6) is 0.955. The molecule has 0 radical (unpaired) electrons. The van der Waals surface area contributed by atoms with Crippen molar-refractivity contribution in [1.82, 2.24) is 14.8 Å². The first kappa shape index (κ1) is 10.6. The van der Waals surface area contributed by atoms with E-state index in [-0.39, 0.29) is 0 Å². The number of halogens is 1. The number of hydrogen-bond acceptors (Lipinski definition) is 3. The molecular weight excluding hydrogens is 230 g/mol. The van der Waals surface area contributed by atoms with Crippen LogP contribution in [0, 0.1) is 0 Å². The minimum Gasteiger partial charge on any atom is -0.301 e. The van der Waals surface area contributed by atoms with E-state index < -0.39 is 0 Å². The average molecular weight is 242 g/mol. The molecule has 0 aliphatic carbocycles. The van der Waals surface area contributed by atoms with Gasteiger partial charge in [0.15, 0.2) is 0 Å². The van der Waals surface area contributed by atoms with Crippen LogP contribution in [0.3, 0.4) is 0 Å². The van der Waals surface area contributed by atoms with Gasteiger partial charge in [-0.1, -0.05) is 13.0 Å². The van der Waals surface area contributed by atoms with E-state index >= 15 is 0 Å². The number of rotatable bonds is 4. The fraction of sp³-hybridized carbons (Fsp3) is 0.400. The molecule has 0 aliphatic rings. The summed E-state index contributed by atoms with van der Waals surface area (Å²) < 4.78 is 1.97. The van der Waals surface area contributed by atoms with Gasteiger partial charge in [0, 0.05) is 17.8 Å². The summed E-state index contributed by atoms with van der Waals surface area (Å²) in [5.41, 5.74) is 0. The Morgan fingerprint density at radius 3 is 3.00 bits per heavy atom. The van der Waals surface area contributed by atoms with Crippen LogP contribution in [0.1, 0.15) is 17.6 Å². The summed E-state index contributed by atoms with van der Waals surface area (Å²) in [7, 11) is 0. The molecule has 15 heavy (non-hydrogen) atoms. The Morgan fingerprint density at radius 2 is 2.33 bits per heavy atom. The van der Waals surface area contributed by atoms with Gasteiger partial charge < -0.3 is 4.57 Å². The Bertz CT molecular complexity index is 422. The molecule has 0 aliphatic heterocycles. The predicted octanol–water partition coefficient (Wildman–Crippen LogP) is 2.80. The zero-order valence-electron chi connectivity index (χ0n) is 8.48. The van der Waals surface area contributed by atoms with E-state index in [9.17, 15) is 0 Å². The quantitative estimate of drug-likeness (QED) is 0.824. The van der Waals surface area contributed by atoms with Crippen molar-refractivity contribution >= 4 is 22.9 Å². The van der Waals surface area contributed by atoms with Gasteiger partial charge in [0.2, 0.25) is 5.28 Å². The lowest BCUT2D eigenvalue weighted by Gasteiger charge is -2.04. The molecule has 2 aromatic rings. The van der Waals surface area contributed by atoms with Gasteiger partial charge in [-0.15, -0.1) is 21.5 Å². The maximum atomic E-state index is 5.96. The van der Waals surface area contributed by atoms with Crippen LogP contribution < -0.4 is 0 Å². The molecule has 2 heterocycles. The molecule has 0 saturated heterocycles. The van der Waals surface area contributed by atoms with E-state index in [0.29, 0.717) is 5.28 Å². The first-order valence-corrected chi connectivity index (χ1v) is 6.17. The lowest BCUT2D eigenvalue weighted by atomic mass is 10.3. The number of aryl methyl sites for hydroxylation is 2. The highest BCUT2D eigenvalue weighted by atomic mass is 35.5. The van der Waals surface area contributed by atoms with Crippen molar-refractivity contribution in [2.75, 3.05) is 0 Å². The molecule has 5 heteroatoms. The summed E-state index contributed by atoms with van der Waals surface area (Å²) in [4.78, 5) is 1.36. The highest BCUT2D eigenvalue weighted by molar-refractivity contribution is 7.09. The van der Waals surface area contributed by atoms with Gasteiger partial charge in [0.1, 0.15) is 5.82 Å². The van der Waals surface area contributed by atoms with E-state index in [1.165, 1.54) is 4.88 Å². The molecule has 80 valence electrons. The minimum atomic E-state index is 0.489. The second-order valence-electron chi connectivity index (χ2n) is 3.22. The van der Waals surface area contributed by atoms with E-state index in [1.54, 1.807) is 11.3 Å². The molecule has 2 aromatic heterocycles. The summed E-state index contributed by atoms with van der Waals surface area (Å²) in [6, 6.07) is 4.20. The Kier molecular flexibility index (Phi) is 3.38. The van der Waals surface area contributed by atoms with Crippen LogP contribution in [0.25, 0.3) is 0 Å². The van der Waals surface area contributed by atoms with E-state index in [1.807, 2.05) is 4.57 Å². The number of aromatic nitrogens is 3. The first-order valence-electron chi connectivity index (χ1n) is 4.91. The van der Waals surface area contributed by atoms with Crippen LogP contribution in [-0.4, -0.2) is 14.8 Å². The van der Waals surface area contributed by atoms with Crippen molar-refractivity contribution in [3.8, 4) is 0 Å². The Labute approximate surface area is 97.7 Å². The summed E-state index contributed by atoms with van der Waals surface area (Å²) in [6.45, 7) is 2.91. The SMILES string of the molecule is CCc1nnc(Cl)n1CCc1cccs1. The van der Waals surface area contributed by atoms with E-state index in [0.717, 1.165) is 25.2 Å². The van der Waals surface area contributed by atoms with Gasteiger partial charge >= 0.3 is 0 Å². The fourth-order valence-electron chi connectivity index (χ4n) is 1.47. The summed E-state index contributed by atoms with van der Waals surface area (Å²) >= 11 is 7.72. The Morgan fingerprint density at radius 1 is 1.47 bits per heavy atom. The lowest BCUT2D eigenvalue weighted by molar-refractivity contribution is 0.661. The topological polar surface area (TPSA) is 30.7 Å².